The summed E-state index contributed by atoms with van der Waals surface area (Å²) in [6.45, 7) is 9.24. The molecule has 3 fully saturated rings. The Kier molecular flexibility index (Phi) is 6.64. The lowest BCUT2D eigenvalue weighted by Gasteiger charge is -2.58. The van der Waals surface area contributed by atoms with Gasteiger partial charge in [-0.1, -0.05) is 30.7 Å². The number of esters is 1. The molecule has 4 rings (SSSR count). The highest BCUT2D eigenvalue weighted by Gasteiger charge is 2.62. The van der Waals surface area contributed by atoms with E-state index in [-0.39, 0.29) is 46.2 Å². The van der Waals surface area contributed by atoms with Crippen molar-refractivity contribution in [1.82, 2.24) is 0 Å². The molecule has 0 N–H and O–H groups in total. The van der Waals surface area contributed by atoms with Gasteiger partial charge in [0.25, 0.3) is 0 Å². The Labute approximate surface area is 201 Å². The second-order valence-corrected chi connectivity index (χ2v) is 11.6. The average molecular weight is 475 g/mol. The number of carbonyl (C=O) groups is 2. The minimum absolute atomic E-state index is 0.0253. The number of nitrogens with zero attached hydrogens (tertiary/aromatic N) is 2. The Bertz CT molecular complexity index is 928. The number of nitro groups is 1. The van der Waals surface area contributed by atoms with Crippen LogP contribution in [0.1, 0.15) is 79.6 Å². The van der Waals surface area contributed by atoms with E-state index in [2.05, 4.69) is 25.1 Å². The van der Waals surface area contributed by atoms with Crippen molar-refractivity contribution >= 4 is 17.7 Å². The van der Waals surface area contributed by atoms with Gasteiger partial charge >= 0.3 is 11.9 Å². The van der Waals surface area contributed by atoms with Gasteiger partial charge < -0.3 is 9.57 Å². The molecule has 0 saturated heterocycles. The van der Waals surface area contributed by atoms with Crippen molar-refractivity contribution in [2.75, 3.05) is 6.54 Å². The van der Waals surface area contributed by atoms with Crippen LogP contribution in [0.15, 0.2) is 16.8 Å². The van der Waals surface area contributed by atoms with E-state index in [1.807, 2.05) is 6.92 Å². The van der Waals surface area contributed by atoms with Crippen LogP contribution in [0.3, 0.4) is 0 Å². The first-order chi connectivity index (χ1) is 16.0. The maximum absolute atomic E-state index is 11.6. The third kappa shape index (κ3) is 4.29. The van der Waals surface area contributed by atoms with E-state index in [1.165, 1.54) is 19.4 Å². The topological polar surface area (TPSA) is 108 Å². The summed E-state index contributed by atoms with van der Waals surface area (Å²) in [7, 11) is 0. The number of hydrogen-bond donors (Lipinski definition) is 0. The minimum atomic E-state index is -0.476. The van der Waals surface area contributed by atoms with Crippen LogP contribution in [0.2, 0.25) is 0 Å². The van der Waals surface area contributed by atoms with Crippen LogP contribution in [-0.2, 0) is 19.2 Å². The molecule has 0 unspecified atom stereocenters. The first kappa shape index (κ1) is 24.9. The molecule has 0 aromatic rings. The summed E-state index contributed by atoms with van der Waals surface area (Å²) in [5.41, 5.74) is 2.12. The molecular weight excluding hydrogens is 436 g/mol. The molecule has 4 aliphatic rings. The Morgan fingerprint density at radius 1 is 1.15 bits per heavy atom. The highest BCUT2D eigenvalue weighted by molar-refractivity contribution is 5.86. The smallest absolute Gasteiger partial charge is 0.331 e. The monoisotopic (exact) mass is 474 g/mol. The molecule has 0 aromatic carbocycles. The Morgan fingerprint density at radius 3 is 2.53 bits per heavy atom. The lowest BCUT2D eigenvalue weighted by atomic mass is 9.47. The van der Waals surface area contributed by atoms with Gasteiger partial charge in [-0.2, -0.15) is 0 Å². The molecule has 0 radical (unpaired) electrons. The van der Waals surface area contributed by atoms with Crippen LogP contribution in [0, 0.1) is 50.5 Å². The first-order valence-corrected chi connectivity index (χ1v) is 12.7. The molecular formula is C26H38N2O6. The van der Waals surface area contributed by atoms with Crippen molar-refractivity contribution in [2.24, 2.45) is 45.6 Å². The molecule has 8 atom stereocenters. The summed E-state index contributed by atoms with van der Waals surface area (Å²) in [4.78, 5) is 39.2. The second-order valence-electron chi connectivity index (χ2n) is 11.6. The molecule has 0 heterocycles. The van der Waals surface area contributed by atoms with Gasteiger partial charge in [0, 0.05) is 37.0 Å². The number of oxime groups is 1. The quantitative estimate of drug-likeness (QED) is 0.139. The summed E-state index contributed by atoms with van der Waals surface area (Å²) in [6.07, 6.45) is 8.93. The van der Waals surface area contributed by atoms with Crippen molar-refractivity contribution in [3.8, 4) is 0 Å². The van der Waals surface area contributed by atoms with Gasteiger partial charge in [0.05, 0.1) is 5.71 Å². The summed E-state index contributed by atoms with van der Waals surface area (Å²) in [5, 5.41) is 15.7. The van der Waals surface area contributed by atoms with Crippen molar-refractivity contribution in [1.29, 1.82) is 0 Å². The number of ether oxygens (including phenoxy) is 1. The average Bonchev–Trinajstić information content (AvgIpc) is 3.03. The highest BCUT2D eigenvalue weighted by atomic mass is 16.7. The van der Waals surface area contributed by atoms with Gasteiger partial charge in [0.15, 0.2) is 0 Å². The third-order valence-electron chi connectivity index (χ3n) is 9.72. The summed E-state index contributed by atoms with van der Waals surface area (Å²) in [6, 6.07) is 0. The van der Waals surface area contributed by atoms with Crippen molar-refractivity contribution < 1.29 is 24.1 Å². The van der Waals surface area contributed by atoms with E-state index < -0.39 is 5.97 Å². The van der Waals surface area contributed by atoms with E-state index >= 15 is 0 Å². The van der Waals surface area contributed by atoms with E-state index in [9.17, 15) is 19.7 Å². The molecule has 8 nitrogen and oxygen atoms in total. The summed E-state index contributed by atoms with van der Waals surface area (Å²) in [5.74, 6) is 0.501. The number of hydrogen-bond acceptors (Lipinski definition) is 7. The van der Waals surface area contributed by atoms with Crippen LogP contribution in [0.25, 0.3) is 0 Å². The fourth-order valence-corrected chi connectivity index (χ4v) is 8.52. The minimum Gasteiger partial charge on any atom is -0.462 e. The molecule has 0 amide bonds. The Hall–Kier alpha value is -2.25. The molecule has 4 aliphatic carbocycles. The van der Waals surface area contributed by atoms with Crippen LogP contribution >= 0.6 is 0 Å². The molecule has 3 saturated carbocycles. The van der Waals surface area contributed by atoms with Gasteiger partial charge in [0.1, 0.15) is 6.10 Å². The predicted molar refractivity (Wildman–Crippen MR) is 126 cm³/mol. The lowest BCUT2D eigenvalue weighted by molar-refractivity contribution is -0.489. The van der Waals surface area contributed by atoms with Crippen molar-refractivity contribution in [3.63, 3.8) is 0 Å². The predicted octanol–water partition coefficient (Wildman–Crippen LogP) is 4.94. The zero-order valence-electron chi connectivity index (χ0n) is 21.0. The van der Waals surface area contributed by atoms with Crippen molar-refractivity contribution in [3.05, 3.63) is 21.8 Å². The molecule has 0 spiro atoms. The van der Waals surface area contributed by atoms with E-state index in [0.29, 0.717) is 23.5 Å². The number of allylic oxidation sites excluding steroid dienone is 1. The van der Waals surface area contributed by atoms with Crippen molar-refractivity contribution in [2.45, 2.75) is 85.7 Å². The third-order valence-corrected chi connectivity index (χ3v) is 9.72. The number of rotatable bonds is 5. The normalized spacial score (nSPS) is 41.4. The first-order valence-electron chi connectivity index (χ1n) is 12.7. The summed E-state index contributed by atoms with van der Waals surface area (Å²) >= 11 is 0. The van der Waals surface area contributed by atoms with Crippen LogP contribution < -0.4 is 0 Å². The standard InChI is InChI=1S/C26H38N2O6/c1-15(27-34-17(3)30)24-18(14-28(31)32)12-23-21-7-6-19-13-20(33-16(2)29)8-10-25(19,4)22(21)9-11-26(23,24)5/h6,18,20-24H,7-14H2,1-5H3/b27-15+/t18-,20-,21-,22+,23-,24-,25-,26-/m0/s1. The van der Waals surface area contributed by atoms with Crippen LogP contribution in [0.5, 0.6) is 0 Å². The second kappa shape index (κ2) is 9.08. The maximum atomic E-state index is 11.6. The molecule has 0 bridgehead atoms. The summed E-state index contributed by atoms with van der Waals surface area (Å²) < 4.78 is 5.55. The number of fused-ring (bicyclic) bond motifs is 5. The molecule has 34 heavy (non-hydrogen) atoms. The molecule has 0 aromatic heterocycles. The zero-order chi connectivity index (χ0) is 24.8. The highest BCUT2D eigenvalue weighted by Crippen LogP contribution is 2.67. The molecule has 8 heteroatoms. The van der Waals surface area contributed by atoms with Crippen LogP contribution in [0.4, 0.5) is 0 Å². The fraction of sp³-hybridized carbons (Fsp3) is 0.808. The van der Waals surface area contributed by atoms with Gasteiger partial charge in [-0.15, -0.1) is 0 Å². The SMILES string of the molecule is CC(=O)O/N=C(\C)[C@H]1[C@H](C[N+](=O)[O-])C[C@H]2[C@H]3CC=C4C[C@@H](OC(C)=O)CC[C@]4(C)[C@@H]3CC[C@@]21C. The Morgan fingerprint density at radius 2 is 1.88 bits per heavy atom. The van der Waals surface area contributed by atoms with Crippen LogP contribution in [-0.4, -0.2) is 35.2 Å². The van der Waals surface area contributed by atoms with Gasteiger partial charge in [-0.25, -0.2) is 4.79 Å². The molecule has 188 valence electrons. The Balaban J connectivity index is 1.63. The lowest BCUT2D eigenvalue weighted by Crippen LogP contribution is -2.51. The van der Waals surface area contributed by atoms with E-state index in [4.69, 9.17) is 9.57 Å². The maximum Gasteiger partial charge on any atom is 0.331 e. The number of carbonyl (C=O) groups excluding carboxylic acids is 2. The van der Waals surface area contributed by atoms with E-state index in [1.54, 1.807) is 0 Å². The zero-order valence-corrected chi connectivity index (χ0v) is 21.0. The van der Waals surface area contributed by atoms with Gasteiger partial charge in [0.2, 0.25) is 6.54 Å². The van der Waals surface area contributed by atoms with Gasteiger partial charge in [-0.3, -0.25) is 14.9 Å². The van der Waals surface area contributed by atoms with E-state index in [0.717, 1.165) is 44.9 Å². The van der Waals surface area contributed by atoms with Gasteiger partial charge in [-0.05, 0) is 74.0 Å². The fourth-order valence-electron chi connectivity index (χ4n) is 8.52. The molecule has 0 aliphatic heterocycles. The largest absolute Gasteiger partial charge is 0.462 e.